The summed E-state index contributed by atoms with van der Waals surface area (Å²) in [7, 11) is 0. The molecule has 1 N–H and O–H groups in total. The number of rotatable bonds is 4. The molecule has 4 rings (SSSR count). The van der Waals surface area contributed by atoms with Crippen molar-refractivity contribution >= 4 is 28.1 Å². The first-order valence-corrected chi connectivity index (χ1v) is 7.79. The van der Waals surface area contributed by atoms with Crippen LogP contribution >= 0.6 is 11.3 Å². The van der Waals surface area contributed by atoms with Crippen molar-refractivity contribution in [2.45, 2.75) is 31.7 Å². The number of hydrogen-bond donors (Lipinski definition) is 1. The molecule has 5 heteroatoms. The monoisotopic (exact) mass is 285 g/mol. The van der Waals surface area contributed by atoms with E-state index in [9.17, 15) is 0 Å². The number of benzene rings is 1. The third kappa shape index (κ3) is 2.18. The highest BCUT2D eigenvalue weighted by Crippen LogP contribution is 2.40. The number of fused-ring (bicyclic) bond motifs is 1. The lowest BCUT2D eigenvalue weighted by Gasteiger charge is -2.12. The van der Waals surface area contributed by atoms with Crippen LogP contribution in [0.1, 0.15) is 43.3 Å². The van der Waals surface area contributed by atoms with E-state index in [4.69, 9.17) is 4.42 Å². The molecule has 102 valence electrons. The Kier molecular flexibility index (Phi) is 2.73. The summed E-state index contributed by atoms with van der Waals surface area (Å²) >= 11 is 1.62. The van der Waals surface area contributed by atoms with Crippen molar-refractivity contribution in [2.24, 2.45) is 0 Å². The van der Waals surface area contributed by atoms with Crippen LogP contribution in [0.3, 0.4) is 0 Å². The number of hydrogen-bond acceptors (Lipinski definition) is 5. The molecule has 1 aliphatic carbocycles. The third-order valence-corrected chi connectivity index (χ3v) is 4.21. The Morgan fingerprint density at radius 1 is 1.40 bits per heavy atom. The first-order valence-electron chi connectivity index (χ1n) is 6.85. The zero-order chi connectivity index (χ0) is 13.5. The molecule has 1 unspecified atom stereocenters. The molecule has 1 aromatic carbocycles. The fourth-order valence-corrected chi connectivity index (χ4v) is 2.95. The zero-order valence-corrected chi connectivity index (χ0v) is 12.0. The lowest BCUT2D eigenvalue weighted by atomic mass is 10.2. The second kappa shape index (κ2) is 4.59. The largest absolute Gasteiger partial charge is 0.440 e. The van der Waals surface area contributed by atoms with Gasteiger partial charge in [-0.1, -0.05) is 0 Å². The fraction of sp³-hybridized carbons (Fsp3) is 0.333. The van der Waals surface area contributed by atoms with Crippen LogP contribution in [0.15, 0.2) is 33.5 Å². The van der Waals surface area contributed by atoms with Crippen LogP contribution in [0.2, 0.25) is 0 Å². The number of oxazole rings is 1. The molecular weight excluding hydrogens is 270 g/mol. The highest BCUT2D eigenvalue weighted by molar-refractivity contribution is 7.07. The normalized spacial score (nSPS) is 16.4. The van der Waals surface area contributed by atoms with E-state index in [1.54, 1.807) is 11.3 Å². The van der Waals surface area contributed by atoms with Gasteiger partial charge in [-0.15, -0.1) is 11.3 Å². The van der Waals surface area contributed by atoms with Crippen LogP contribution in [0.25, 0.3) is 11.1 Å². The highest BCUT2D eigenvalue weighted by atomic mass is 32.1. The van der Waals surface area contributed by atoms with Gasteiger partial charge in [0, 0.05) is 17.0 Å². The summed E-state index contributed by atoms with van der Waals surface area (Å²) < 4.78 is 5.77. The van der Waals surface area contributed by atoms with Gasteiger partial charge in [-0.25, -0.2) is 9.97 Å². The van der Waals surface area contributed by atoms with Gasteiger partial charge in [0.25, 0.3) is 0 Å². The van der Waals surface area contributed by atoms with Gasteiger partial charge in [0.15, 0.2) is 11.5 Å². The third-order valence-electron chi connectivity index (χ3n) is 3.61. The maximum atomic E-state index is 5.77. The number of thiazole rings is 1. The molecule has 3 aromatic rings. The molecule has 1 aliphatic rings. The average Bonchev–Trinajstić information content (AvgIpc) is 3.00. The van der Waals surface area contributed by atoms with Crippen molar-refractivity contribution < 1.29 is 4.42 Å². The van der Waals surface area contributed by atoms with E-state index < -0.39 is 0 Å². The molecule has 0 bridgehead atoms. The Balaban J connectivity index is 1.60. The average molecular weight is 285 g/mol. The molecule has 2 aromatic heterocycles. The van der Waals surface area contributed by atoms with E-state index in [2.05, 4.69) is 27.6 Å². The van der Waals surface area contributed by atoms with Crippen molar-refractivity contribution in [1.82, 2.24) is 9.97 Å². The van der Waals surface area contributed by atoms with Crippen LogP contribution in [-0.4, -0.2) is 9.97 Å². The smallest absolute Gasteiger partial charge is 0.198 e. The van der Waals surface area contributed by atoms with Crippen molar-refractivity contribution in [3.63, 3.8) is 0 Å². The maximum Gasteiger partial charge on any atom is 0.198 e. The van der Waals surface area contributed by atoms with Crippen LogP contribution in [0.4, 0.5) is 5.69 Å². The van der Waals surface area contributed by atoms with Crippen LogP contribution < -0.4 is 5.32 Å². The molecule has 2 heterocycles. The summed E-state index contributed by atoms with van der Waals surface area (Å²) in [4.78, 5) is 8.92. The zero-order valence-electron chi connectivity index (χ0n) is 11.2. The molecule has 4 nitrogen and oxygen atoms in total. The van der Waals surface area contributed by atoms with Crippen LogP contribution in [0.5, 0.6) is 0 Å². The summed E-state index contributed by atoms with van der Waals surface area (Å²) in [6.45, 7) is 2.11. The Morgan fingerprint density at radius 3 is 3.05 bits per heavy atom. The minimum absolute atomic E-state index is 0.188. The quantitative estimate of drug-likeness (QED) is 0.775. The van der Waals surface area contributed by atoms with Crippen LogP contribution in [-0.2, 0) is 0 Å². The van der Waals surface area contributed by atoms with Crippen molar-refractivity contribution in [1.29, 1.82) is 0 Å². The van der Waals surface area contributed by atoms with Gasteiger partial charge in [-0.2, -0.15) is 0 Å². The van der Waals surface area contributed by atoms with Crippen molar-refractivity contribution in [3.8, 4) is 0 Å². The Hall–Kier alpha value is -1.88. The summed E-state index contributed by atoms with van der Waals surface area (Å²) in [6, 6.07) is 6.26. The van der Waals surface area contributed by atoms with E-state index >= 15 is 0 Å². The Bertz CT molecular complexity index is 731. The lowest BCUT2D eigenvalue weighted by Crippen LogP contribution is -2.06. The van der Waals surface area contributed by atoms with Crippen LogP contribution in [0, 0.1) is 0 Å². The molecule has 0 radical (unpaired) electrons. The van der Waals surface area contributed by atoms with E-state index in [1.165, 1.54) is 12.8 Å². The van der Waals surface area contributed by atoms with Gasteiger partial charge >= 0.3 is 0 Å². The first kappa shape index (κ1) is 11.9. The predicted molar refractivity (Wildman–Crippen MR) is 80.1 cm³/mol. The maximum absolute atomic E-state index is 5.77. The number of nitrogens with zero attached hydrogens (tertiary/aromatic N) is 2. The predicted octanol–water partition coefficient (Wildman–Crippen LogP) is 4.33. The number of aromatic nitrogens is 2. The first-order chi connectivity index (χ1) is 9.79. The summed E-state index contributed by atoms with van der Waals surface area (Å²) in [5, 5.41) is 5.52. The van der Waals surface area contributed by atoms with Gasteiger partial charge in [-0.3, -0.25) is 0 Å². The van der Waals surface area contributed by atoms with Gasteiger partial charge < -0.3 is 9.73 Å². The summed E-state index contributed by atoms with van der Waals surface area (Å²) in [5.41, 5.74) is 5.78. The van der Waals surface area contributed by atoms with Gasteiger partial charge in [0.05, 0.1) is 17.2 Å². The lowest BCUT2D eigenvalue weighted by molar-refractivity contribution is 0.533. The van der Waals surface area contributed by atoms with Crippen molar-refractivity contribution in [2.75, 3.05) is 5.32 Å². The minimum atomic E-state index is 0.188. The molecular formula is C15H15N3OS. The molecule has 0 aliphatic heterocycles. The van der Waals surface area contributed by atoms with Gasteiger partial charge in [0.1, 0.15) is 5.52 Å². The molecule has 0 amide bonds. The topological polar surface area (TPSA) is 51.0 Å². The summed E-state index contributed by atoms with van der Waals surface area (Å²) in [6.07, 6.45) is 2.41. The van der Waals surface area contributed by atoms with Gasteiger partial charge in [0.2, 0.25) is 0 Å². The highest BCUT2D eigenvalue weighted by Gasteiger charge is 2.28. The van der Waals surface area contributed by atoms with E-state index in [0.29, 0.717) is 5.92 Å². The van der Waals surface area contributed by atoms with E-state index in [1.807, 2.05) is 23.7 Å². The standard InChI is InChI=1S/C15H15N3OS/c1-9(13-7-20-8-16-13)17-11-4-5-14-12(6-11)18-15(19-14)10-2-3-10/h4-10,17H,2-3H2,1H3. The molecule has 1 saturated carbocycles. The Labute approximate surface area is 120 Å². The molecule has 1 atom stereocenters. The molecule has 20 heavy (non-hydrogen) atoms. The second-order valence-electron chi connectivity index (χ2n) is 5.29. The fourth-order valence-electron chi connectivity index (χ4n) is 2.30. The van der Waals surface area contributed by atoms with Crippen molar-refractivity contribution in [3.05, 3.63) is 40.7 Å². The molecule has 1 fully saturated rings. The number of anilines is 1. The van der Waals surface area contributed by atoms with Gasteiger partial charge in [-0.05, 0) is 38.0 Å². The minimum Gasteiger partial charge on any atom is -0.440 e. The molecule has 0 spiro atoms. The number of nitrogens with one attached hydrogen (secondary N) is 1. The Morgan fingerprint density at radius 2 is 2.30 bits per heavy atom. The second-order valence-corrected chi connectivity index (χ2v) is 6.01. The van der Waals surface area contributed by atoms with E-state index in [0.717, 1.165) is 28.4 Å². The summed E-state index contributed by atoms with van der Waals surface area (Å²) in [5.74, 6) is 1.44. The van der Waals surface area contributed by atoms with E-state index in [-0.39, 0.29) is 6.04 Å². The molecule has 0 saturated heterocycles. The SMILES string of the molecule is CC(Nc1ccc2oc(C3CC3)nc2c1)c1cscn1.